The average Bonchev–Trinajstić information content (AvgIpc) is 3.34. The van der Waals surface area contributed by atoms with E-state index in [1.165, 1.54) is 23.1 Å². The summed E-state index contributed by atoms with van der Waals surface area (Å²) in [6.45, 7) is 4.00. The molecule has 198 valence electrons. The molecule has 6 nitrogen and oxygen atoms in total. The predicted molar refractivity (Wildman–Crippen MR) is 167 cm³/mol. The summed E-state index contributed by atoms with van der Waals surface area (Å²) in [6, 6.07) is 25.6. The van der Waals surface area contributed by atoms with Gasteiger partial charge in [0.25, 0.3) is 0 Å². The number of aryl methyl sites for hydroxylation is 1. The molecule has 1 atom stereocenters. The van der Waals surface area contributed by atoms with Crippen LogP contribution in [0.1, 0.15) is 24.5 Å². The molecule has 0 radical (unpaired) electrons. The van der Waals surface area contributed by atoms with Crippen LogP contribution in [0.15, 0.2) is 83.1 Å². The molecule has 0 saturated carbocycles. The van der Waals surface area contributed by atoms with Crippen molar-refractivity contribution >= 4 is 62.7 Å². The van der Waals surface area contributed by atoms with Crippen LogP contribution in [0.25, 0.3) is 11.1 Å². The lowest BCUT2D eigenvalue weighted by Crippen LogP contribution is -2.24. The fraction of sp³-hybridized carbons (Fsp3) is 0.167. The fourth-order valence-corrected chi connectivity index (χ4v) is 6.03. The number of amides is 1. The number of para-hydroxylation sites is 2. The molecule has 1 amide bonds. The maximum absolute atomic E-state index is 13.2. The molecule has 4 rings (SSSR count). The fourth-order valence-electron chi connectivity index (χ4n) is 3.87. The van der Waals surface area contributed by atoms with Crippen LogP contribution in [0, 0.1) is 18.3 Å². The van der Waals surface area contributed by atoms with E-state index in [2.05, 4.69) is 22.0 Å². The van der Waals surface area contributed by atoms with E-state index in [-0.39, 0.29) is 11.2 Å². The number of hydrogen-bond donors (Lipinski definition) is 3. The van der Waals surface area contributed by atoms with E-state index in [0.717, 1.165) is 33.0 Å². The number of ether oxygens (including phenoxy) is 1. The van der Waals surface area contributed by atoms with E-state index in [9.17, 15) is 10.1 Å². The van der Waals surface area contributed by atoms with Crippen molar-refractivity contribution in [3.05, 3.63) is 89.3 Å². The van der Waals surface area contributed by atoms with Gasteiger partial charge in [0.05, 0.1) is 23.6 Å². The Hall–Kier alpha value is -3.84. The summed E-state index contributed by atoms with van der Waals surface area (Å²) >= 11 is 8.33. The Labute approximate surface area is 242 Å². The highest BCUT2D eigenvalue weighted by atomic mass is 32.2. The molecule has 3 aromatic carbocycles. The maximum Gasteiger partial charge on any atom is 0.238 e. The Bertz CT molecular complexity index is 1510. The van der Waals surface area contributed by atoms with Crippen LogP contribution in [0.4, 0.5) is 16.4 Å². The first-order valence-corrected chi connectivity index (χ1v) is 14.5. The summed E-state index contributed by atoms with van der Waals surface area (Å²) in [5, 5.41) is 21.8. The molecule has 0 fully saturated rings. The van der Waals surface area contributed by atoms with Crippen LogP contribution in [-0.4, -0.2) is 23.4 Å². The molecule has 0 bridgehead atoms. The smallest absolute Gasteiger partial charge is 0.238 e. The summed E-state index contributed by atoms with van der Waals surface area (Å²) in [4.78, 5) is 14.2. The second-order valence-corrected chi connectivity index (χ2v) is 11.2. The molecule has 0 aliphatic heterocycles. The molecular weight excluding hydrogens is 545 g/mol. The highest BCUT2D eigenvalue weighted by Crippen LogP contribution is 2.36. The number of nitrogens with one attached hydrogen (secondary N) is 3. The van der Waals surface area contributed by atoms with Crippen molar-refractivity contribution in [2.24, 2.45) is 0 Å². The maximum atomic E-state index is 13.2. The predicted octanol–water partition coefficient (Wildman–Crippen LogP) is 7.92. The number of nitrogens with zero attached hydrogens (tertiary/aromatic N) is 1. The van der Waals surface area contributed by atoms with E-state index in [4.69, 9.17) is 17.0 Å². The van der Waals surface area contributed by atoms with Gasteiger partial charge < -0.3 is 20.7 Å². The van der Waals surface area contributed by atoms with Gasteiger partial charge in [0, 0.05) is 21.5 Å². The standard InChI is InChI=1S/C30H28N4O2S3/c1-4-27(28(35)34-29-23(17-31)24(18-38-29)20-14-12-19(2)13-15-20)39-22-9-7-8-21(16-22)32-30(37)33-25-10-5-6-11-26(25)36-3/h5-16,18,27H,4H2,1-3H3,(H,34,35)(H2,32,33,37). The zero-order chi connectivity index (χ0) is 27.8. The average molecular weight is 573 g/mol. The van der Waals surface area contributed by atoms with Crippen LogP contribution >= 0.6 is 35.3 Å². The van der Waals surface area contributed by atoms with E-state index in [1.807, 2.05) is 92.0 Å². The van der Waals surface area contributed by atoms with E-state index < -0.39 is 0 Å². The number of nitriles is 1. The van der Waals surface area contributed by atoms with Gasteiger partial charge in [-0.2, -0.15) is 5.26 Å². The zero-order valence-corrected chi connectivity index (χ0v) is 24.2. The highest BCUT2D eigenvalue weighted by molar-refractivity contribution is 8.00. The largest absolute Gasteiger partial charge is 0.495 e. The van der Waals surface area contributed by atoms with Crippen LogP contribution < -0.4 is 20.7 Å². The highest BCUT2D eigenvalue weighted by Gasteiger charge is 2.22. The first kappa shape index (κ1) is 28.2. The zero-order valence-electron chi connectivity index (χ0n) is 21.8. The van der Waals surface area contributed by atoms with Gasteiger partial charge >= 0.3 is 0 Å². The third-order valence-electron chi connectivity index (χ3n) is 5.89. The molecule has 9 heteroatoms. The number of thiophene rings is 1. The number of anilines is 3. The van der Waals surface area contributed by atoms with E-state index >= 15 is 0 Å². The van der Waals surface area contributed by atoms with Gasteiger partial charge in [-0.15, -0.1) is 23.1 Å². The number of benzene rings is 3. The summed E-state index contributed by atoms with van der Waals surface area (Å²) < 4.78 is 5.37. The van der Waals surface area contributed by atoms with Crippen molar-refractivity contribution in [1.82, 2.24) is 0 Å². The molecule has 0 saturated heterocycles. The number of methoxy groups -OCH3 is 1. The normalized spacial score (nSPS) is 11.2. The van der Waals surface area contributed by atoms with Gasteiger partial charge in [0.1, 0.15) is 16.8 Å². The SMILES string of the molecule is CCC(Sc1cccc(NC(=S)Nc2ccccc2OC)c1)C(=O)Nc1scc(-c2ccc(C)cc2)c1C#N. The van der Waals surface area contributed by atoms with Crippen LogP contribution in [0.3, 0.4) is 0 Å². The summed E-state index contributed by atoms with van der Waals surface area (Å²) in [5.41, 5.74) is 4.99. The molecular formula is C30H28N4O2S3. The van der Waals surface area contributed by atoms with Crippen LogP contribution in [0.5, 0.6) is 5.75 Å². The van der Waals surface area contributed by atoms with Crippen LogP contribution in [0.2, 0.25) is 0 Å². The summed E-state index contributed by atoms with van der Waals surface area (Å²) in [5.74, 6) is 0.557. The number of thioether (sulfide) groups is 1. The molecule has 0 aliphatic carbocycles. The van der Waals surface area contributed by atoms with Crippen molar-refractivity contribution in [2.45, 2.75) is 30.4 Å². The first-order chi connectivity index (χ1) is 18.9. The van der Waals surface area contributed by atoms with Crippen molar-refractivity contribution in [1.29, 1.82) is 5.26 Å². The minimum Gasteiger partial charge on any atom is -0.495 e. The quantitative estimate of drug-likeness (QED) is 0.139. The number of hydrogen-bond acceptors (Lipinski definition) is 6. The van der Waals surface area contributed by atoms with Crippen molar-refractivity contribution < 1.29 is 9.53 Å². The first-order valence-electron chi connectivity index (χ1n) is 12.3. The van der Waals surface area contributed by atoms with E-state index in [1.54, 1.807) is 7.11 Å². The minimum absolute atomic E-state index is 0.136. The number of carbonyl (C=O) groups excluding carboxylic acids is 1. The molecule has 0 aliphatic rings. The molecule has 1 aromatic heterocycles. The summed E-state index contributed by atoms with van der Waals surface area (Å²) in [6.07, 6.45) is 0.625. The topological polar surface area (TPSA) is 86.2 Å². The molecule has 3 N–H and O–H groups in total. The molecule has 39 heavy (non-hydrogen) atoms. The lowest BCUT2D eigenvalue weighted by atomic mass is 10.0. The van der Waals surface area contributed by atoms with Gasteiger partial charge in [-0.1, -0.05) is 55.0 Å². The van der Waals surface area contributed by atoms with Gasteiger partial charge in [-0.3, -0.25) is 4.79 Å². The number of thiocarbonyl (C=S) groups is 1. The van der Waals surface area contributed by atoms with Crippen molar-refractivity contribution in [2.75, 3.05) is 23.1 Å². The lowest BCUT2D eigenvalue weighted by Gasteiger charge is -2.16. The van der Waals surface area contributed by atoms with E-state index in [0.29, 0.717) is 27.8 Å². The molecule has 1 heterocycles. The Morgan fingerprint density at radius 3 is 2.56 bits per heavy atom. The Balaban J connectivity index is 1.42. The Morgan fingerprint density at radius 2 is 1.85 bits per heavy atom. The van der Waals surface area contributed by atoms with Gasteiger partial charge in [-0.25, -0.2) is 0 Å². The second-order valence-electron chi connectivity index (χ2n) is 8.64. The Kier molecular flexibility index (Phi) is 9.60. The monoisotopic (exact) mass is 572 g/mol. The third kappa shape index (κ3) is 7.18. The third-order valence-corrected chi connectivity index (χ3v) is 8.35. The molecule has 0 spiro atoms. The summed E-state index contributed by atoms with van der Waals surface area (Å²) in [7, 11) is 1.61. The number of carbonyl (C=O) groups is 1. The van der Waals surface area contributed by atoms with Gasteiger partial charge in [0.15, 0.2) is 5.11 Å². The van der Waals surface area contributed by atoms with Gasteiger partial charge in [0.2, 0.25) is 5.91 Å². The molecule has 4 aromatic rings. The van der Waals surface area contributed by atoms with Crippen molar-refractivity contribution in [3.63, 3.8) is 0 Å². The van der Waals surface area contributed by atoms with Gasteiger partial charge in [-0.05, 0) is 61.5 Å². The second kappa shape index (κ2) is 13.3. The lowest BCUT2D eigenvalue weighted by molar-refractivity contribution is -0.115. The van der Waals surface area contributed by atoms with Crippen LogP contribution in [-0.2, 0) is 4.79 Å². The number of rotatable bonds is 9. The van der Waals surface area contributed by atoms with Crippen molar-refractivity contribution in [3.8, 4) is 22.9 Å². The Morgan fingerprint density at radius 1 is 1.08 bits per heavy atom. The minimum atomic E-state index is -0.338. The molecule has 1 unspecified atom stereocenters.